The lowest BCUT2D eigenvalue weighted by molar-refractivity contribution is -0.120. The average Bonchev–Trinajstić information content (AvgIpc) is 3.44. The molecule has 5 heterocycles. The molecule has 0 bridgehead atoms. The first-order chi connectivity index (χ1) is 21.9. The second kappa shape index (κ2) is 11.9. The van der Waals surface area contributed by atoms with E-state index in [2.05, 4.69) is 25.2 Å². The Labute approximate surface area is 257 Å². The number of aromatic nitrogens is 5. The average molecular weight is 608 g/mol. The molecule has 3 aromatic heterocycles. The third-order valence-electron chi connectivity index (χ3n) is 8.17. The van der Waals surface area contributed by atoms with Crippen molar-refractivity contribution >= 4 is 34.6 Å². The number of benzene rings is 2. The maximum atomic E-state index is 14.8. The summed E-state index contributed by atoms with van der Waals surface area (Å²) in [5, 5.41) is 7.97. The number of fused-ring (bicyclic) bond motifs is 1. The molecule has 3 amide bonds. The molecule has 0 aliphatic carbocycles. The van der Waals surface area contributed by atoms with Gasteiger partial charge in [-0.25, -0.2) is 28.8 Å². The van der Waals surface area contributed by atoms with Crippen molar-refractivity contribution < 1.29 is 18.7 Å². The highest BCUT2D eigenvalue weighted by Crippen LogP contribution is 2.35. The quantitative estimate of drug-likeness (QED) is 0.269. The summed E-state index contributed by atoms with van der Waals surface area (Å²) in [6.07, 6.45) is 4.28. The van der Waals surface area contributed by atoms with Crippen molar-refractivity contribution in [1.82, 2.24) is 34.9 Å². The number of nitrogens with two attached hydrogens (primary N) is 1. The van der Waals surface area contributed by atoms with Crippen LogP contribution < -0.4 is 20.7 Å². The number of halogens is 1. The number of nitrogens with zero attached hydrogens (tertiary/aromatic N) is 7. The molecule has 45 heavy (non-hydrogen) atoms. The van der Waals surface area contributed by atoms with Gasteiger partial charge in [0, 0.05) is 43.7 Å². The summed E-state index contributed by atoms with van der Waals surface area (Å²) in [6.45, 7) is 1.96. The van der Waals surface area contributed by atoms with Crippen LogP contribution in [0.3, 0.4) is 0 Å². The number of anilines is 2. The highest BCUT2D eigenvalue weighted by Gasteiger charge is 2.28. The Hall–Kier alpha value is -5.43. The zero-order chi connectivity index (χ0) is 30.9. The fourth-order valence-corrected chi connectivity index (χ4v) is 5.84. The van der Waals surface area contributed by atoms with E-state index >= 15 is 0 Å². The molecule has 2 aromatic carbocycles. The van der Waals surface area contributed by atoms with Gasteiger partial charge in [-0.1, -0.05) is 18.2 Å². The number of carbonyl (C=O) groups is 2. The van der Waals surface area contributed by atoms with E-state index in [9.17, 15) is 14.0 Å². The van der Waals surface area contributed by atoms with Gasteiger partial charge in [0.2, 0.25) is 5.91 Å². The standard InChI is InChI=1S/C32H30FN9O3/c33-25-17-35-26(41-15-12-27(43)38-32(41)44)16-21(25)18-40-13-10-22(11-14-40)42-31-28(30(34)36-19-37-31)29(39-42)20-6-8-24(9-7-20)45-23-4-2-1-3-5-23/h1-9,16-17,19,22H,10-15,18H2,(H2,34,36,37)(H,38,43,44). The molecule has 0 spiro atoms. The van der Waals surface area contributed by atoms with Crippen LogP contribution in [0.1, 0.15) is 30.9 Å². The van der Waals surface area contributed by atoms with Crippen molar-refractivity contribution in [3.05, 3.63) is 84.6 Å². The van der Waals surface area contributed by atoms with E-state index in [0.29, 0.717) is 59.3 Å². The van der Waals surface area contributed by atoms with Gasteiger partial charge in [0.15, 0.2) is 5.65 Å². The molecule has 7 rings (SSSR count). The lowest BCUT2D eigenvalue weighted by atomic mass is 10.0. The summed E-state index contributed by atoms with van der Waals surface area (Å²) < 4.78 is 22.7. The van der Waals surface area contributed by atoms with Crippen molar-refractivity contribution in [2.45, 2.75) is 31.8 Å². The Morgan fingerprint density at radius 3 is 2.47 bits per heavy atom. The molecule has 0 radical (unpaired) electrons. The summed E-state index contributed by atoms with van der Waals surface area (Å²) in [4.78, 5) is 40.2. The van der Waals surface area contributed by atoms with Crippen molar-refractivity contribution in [3.63, 3.8) is 0 Å². The number of rotatable bonds is 7. The van der Waals surface area contributed by atoms with Crippen LogP contribution in [0.2, 0.25) is 0 Å². The first kappa shape index (κ1) is 28.3. The zero-order valence-corrected chi connectivity index (χ0v) is 24.3. The number of pyridine rings is 1. The Bertz CT molecular complexity index is 1870. The van der Waals surface area contributed by atoms with Gasteiger partial charge in [-0.2, -0.15) is 5.10 Å². The van der Waals surface area contributed by atoms with Crippen LogP contribution in [-0.4, -0.2) is 61.2 Å². The van der Waals surface area contributed by atoms with Crippen LogP contribution in [0.25, 0.3) is 22.3 Å². The third-order valence-corrected chi connectivity index (χ3v) is 8.17. The predicted molar refractivity (Wildman–Crippen MR) is 165 cm³/mol. The molecule has 0 saturated carbocycles. The van der Waals surface area contributed by atoms with Gasteiger partial charge in [-0.3, -0.25) is 19.9 Å². The minimum Gasteiger partial charge on any atom is -0.457 e. The lowest BCUT2D eigenvalue weighted by Gasteiger charge is -2.32. The second-order valence-corrected chi connectivity index (χ2v) is 11.1. The smallest absolute Gasteiger partial charge is 0.329 e. The molecule has 0 unspecified atom stereocenters. The maximum absolute atomic E-state index is 14.8. The zero-order valence-electron chi connectivity index (χ0n) is 24.3. The van der Waals surface area contributed by atoms with Crippen LogP contribution >= 0.6 is 0 Å². The SMILES string of the molecule is Nc1ncnc2c1c(-c1ccc(Oc3ccccc3)cc1)nn2C1CCN(Cc2cc(N3CCC(=O)NC3=O)ncc2F)CC1. The van der Waals surface area contributed by atoms with Crippen molar-refractivity contribution in [2.75, 3.05) is 30.3 Å². The molecule has 228 valence electrons. The lowest BCUT2D eigenvalue weighted by Crippen LogP contribution is -2.50. The topological polar surface area (TPSA) is 144 Å². The summed E-state index contributed by atoms with van der Waals surface area (Å²) in [7, 11) is 0. The number of ether oxygens (including phenoxy) is 1. The van der Waals surface area contributed by atoms with Crippen LogP contribution in [0.15, 0.2) is 73.2 Å². The Balaban J connectivity index is 1.07. The first-order valence-corrected chi connectivity index (χ1v) is 14.7. The number of likely N-dealkylation sites (tertiary alicyclic amines) is 1. The van der Waals surface area contributed by atoms with Crippen LogP contribution in [0, 0.1) is 5.82 Å². The minimum atomic E-state index is -0.552. The van der Waals surface area contributed by atoms with Gasteiger partial charge in [0.25, 0.3) is 0 Å². The van der Waals surface area contributed by atoms with Crippen LogP contribution in [0.4, 0.5) is 20.8 Å². The molecular formula is C32H30FN9O3. The molecule has 2 saturated heterocycles. The summed E-state index contributed by atoms with van der Waals surface area (Å²) >= 11 is 0. The third kappa shape index (κ3) is 5.77. The van der Waals surface area contributed by atoms with Gasteiger partial charge in [-0.05, 0) is 55.3 Å². The highest BCUT2D eigenvalue weighted by atomic mass is 19.1. The van der Waals surface area contributed by atoms with E-state index in [1.807, 2.05) is 59.3 Å². The Morgan fingerprint density at radius 1 is 0.956 bits per heavy atom. The van der Waals surface area contributed by atoms with Crippen molar-refractivity contribution in [2.24, 2.45) is 0 Å². The van der Waals surface area contributed by atoms with Gasteiger partial charge in [0.05, 0.1) is 17.6 Å². The molecule has 0 atom stereocenters. The predicted octanol–water partition coefficient (Wildman–Crippen LogP) is 4.69. The van der Waals surface area contributed by atoms with E-state index in [4.69, 9.17) is 15.6 Å². The number of carbonyl (C=O) groups excluding carboxylic acids is 2. The van der Waals surface area contributed by atoms with Gasteiger partial charge < -0.3 is 10.5 Å². The number of urea groups is 1. The number of hydrogen-bond acceptors (Lipinski definition) is 9. The number of hydrogen-bond donors (Lipinski definition) is 2. The number of imide groups is 1. The fourth-order valence-electron chi connectivity index (χ4n) is 5.84. The molecule has 3 N–H and O–H groups in total. The van der Waals surface area contributed by atoms with Crippen molar-refractivity contribution in [3.8, 4) is 22.8 Å². The summed E-state index contributed by atoms with van der Waals surface area (Å²) in [5.41, 5.74) is 9.03. The van der Waals surface area contributed by atoms with E-state index in [1.165, 1.54) is 11.2 Å². The monoisotopic (exact) mass is 607 g/mol. The van der Waals surface area contributed by atoms with Crippen LogP contribution in [0.5, 0.6) is 11.5 Å². The molecule has 12 nitrogen and oxygen atoms in total. The summed E-state index contributed by atoms with van der Waals surface area (Å²) in [6, 6.07) is 18.4. The minimum absolute atomic E-state index is 0.0555. The number of para-hydroxylation sites is 1. The maximum Gasteiger partial charge on any atom is 0.329 e. The van der Waals surface area contributed by atoms with Gasteiger partial charge in [-0.15, -0.1) is 0 Å². The normalized spacial score (nSPS) is 16.2. The van der Waals surface area contributed by atoms with E-state index in [0.717, 1.165) is 30.4 Å². The largest absolute Gasteiger partial charge is 0.457 e. The fraction of sp³-hybridized carbons (Fsp3) is 0.250. The van der Waals surface area contributed by atoms with Crippen molar-refractivity contribution in [1.29, 1.82) is 0 Å². The second-order valence-electron chi connectivity index (χ2n) is 11.1. The Morgan fingerprint density at radius 2 is 1.71 bits per heavy atom. The number of piperidine rings is 1. The van der Waals surface area contributed by atoms with Gasteiger partial charge >= 0.3 is 6.03 Å². The first-order valence-electron chi connectivity index (χ1n) is 14.7. The Kier molecular flexibility index (Phi) is 7.51. The molecule has 5 aromatic rings. The summed E-state index contributed by atoms with van der Waals surface area (Å²) in [5.74, 6) is 1.36. The number of nitrogen functional groups attached to an aromatic ring is 1. The van der Waals surface area contributed by atoms with Gasteiger partial charge in [0.1, 0.15) is 41.0 Å². The molecule has 2 fully saturated rings. The van der Waals surface area contributed by atoms with E-state index < -0.39 is 11.8 Å². The number of nitrogens with one attached hydrogen (secondary N) is 1. The molecular weight excluding hydrogens is 577 g/mol. The van der Waals surface area contributed by atoms with E-state index in [-0.39, 0.29) is 24.9 Å². The highest BCUT2D eigenvalue weighted by molar-refractivity contribution is 6.05. The van der Waals surface area contributed by atoms with E-state index in [1.54, 1.807) is 6.07 Å². The molecule has 2 aliphatic heterocycles. The number of amides is 3. The van der Waals surface area contributed by atoms with Crippen LogP contribution in [-0.2, 0) is 11.3 Å². The molecule has 2 aliphatic rings. The molecule has 13 heteroatoms.